The molecule has 4 nitrogen and oxygen atoms in total. The van der Waals surface area contributed by atoms with Gasteiger partial charge in [-0.2, -0.15) is 0 Å². The molecule has 3 rings (SSSR count). The van der Waals surface area contributed by atoms with E-state index in [1.54, 1.807) is 31.4 Å². The van der Waals surface area contributed by atoms with Crippen LogP contribution in [0.5, 0.6) is 5.75 Å². The number of hydrogen-bond acceptors (Lipinski definition) is 3. The Balaban J connectivity index is 0.00000280. The molecule has 0 N–H and O–H groups in total. The van der Waals surface area contributed by atoms with Gasteiger partial charge in [0.25, 0.3) is 0 Å². The first kappa shape index (κ1) is 21.8. The van der Waals surface area contributed by atoms with Crippen molar-refractivity contribution in [2.24, 2.45) is 5.10 Å². The third-order valence-corrected chi connectivity index (χ3v) is 4.21. The van der Waals surface area contributed by atoms with E-state index in [1.165, 1.54) is 0 Å². The van der Waals surface area contributed by atoms with E-state index in [2.05, 4.69) is 10.5 Å². The van der Waals surface area contributed by atoms with Gasteiger partial charge in [-0.3, -0.25) is 4.79 Å². The van der Waals surface area contributed by atoms with Crippen LogP contribution >= 0.6 is 11.6 Å². The third-order valence-electron chi connectivity index (χ3n) is 3.96. The third kappa shape index (κ3) is 6.00. The molecule has 0 amide bonds. The summed E-state index contributed by atoms with van der Waals surface area (Å²) in [6.45, 7) is 0. The first-order valence-corrected chi connectivity index (χ1v) is 8.79. The van der Waals surface area contributed by atoms with Gasteiger partial charge in [0.15, 0.2) is 5.78 Å². The van der Waals surface area contributed by atoms with E-state index in [1.807, 2.05) is 54.6 Å². The molecule has 0 aliphatic heterocycles. The fraction of sp³-hybridized carbons (Fsp3) is 0.0909. The molecule has 0 heterocycles. The molecular weight excluding hydrogens is 367 g/mol. The average Bonchev–Trinajstić information content (AvgIpc) is 2.72. The Hall–Kier alpha value is -2.51. The molecular formula is C22H18ClLiN2O2. The minimum absolute atomic E-state index is 0. The zero-order valence-electron chi connectivity index (χ0n) is 15.8. The minimum atomic E-state index is -0.0514. The van der Waals surface area contributed by atoms with Crippen LogP contribution in [0.25, 0.3) is 5.43 Å². The maximum atomic E-state index is 12.7. The number of halogens is 1. The summed E-state index contributed by atoms with van der Waals surface area (Å²) in [6, 6.07) is 23.6. The summed E-state index contributed by atoms with van der Waals surface area (Å²) in [5, 5.41) is 4.95. The van der Waals surface area contributed by atoms with Crippen LogP contribution in [0.2, 0.25) is 5.02 Å². The molecule has 0 atom stereocenters. The van der Waals surface area contributed by atoms with Crippen LogP contribution in [-0.4, -0.2) is 18.6 Å². The van der Waals surface area contributed by atoms with Crippen molar-refractivity contribution in [2.45, 2.75) is 6.42 Å². The van der Waals surface area contributed by atoms with E-state index in [9.17, 15) is 4.79 Å². The van der Waals surface area contributed by atoms with Gasteiger partial charge >= 0.3 is 18.9 Å². The SMILES string of the molecule is COc1ccc(/C(CC(=O)c2ccc(Cl)cc2)=N/[N-]c2ccccc2)cc1.[Li+]. The number of rotatable bonds is 7. The van der Waals surface area contributed by atoms with Crippen molar-refractivity contribution in [3.63, 3.8) is 0 Å². The van der Waals surface area contributed by atoms with Gasteiger partial charge in [-0.15, -0.1) is 5.69 Å². The van der Waals surface area contributed by atoms with Gasteiger partial charge in [0.2, 0.25) is 0 Å². The van der Waals surface area contributed by atoms with Gasteiger partial charge in [-0.1, -0.05) is 41.9 Å². The van der Waals surface area contributed by atoms with Crippen LogP contribution in [0.4, 0.5) is 5.69 Å². The number of benzene rings is 3. The zero-order valence-corrected chi connectivity index (χ0v) is 16.6. The second-order valence-electron chi connectivity index (χ2n) is 5.82. The van der Waals surface area contributed by atoms with Crippen LogP contribution < -0.4 is 23.6 Å². The quantitative estimate of drug-likeness (QED) is 0.272. The van der Waals surface area contributed by atoms with Crippen LogP contribution in [0.1, 0.15) is 22.3 Å². The number of carbonyl (C=O) groups is 1. The predicted molar refractivity (Wildman–Crippen MR) is 109 cm³/mol. The number of methoxy groups -OCH3 is 1. The molecule has 0 radical (unpaired) electrons. The van der Waals surface area contributed by atoms with Crippen LogP contribution in [0.3, 0.4) is 0 Å². The van der Waals surface area contributed by atoms with Crippen molar-refractivity contribution in [2.75, 3.05) is 7.11 Å². The number of hydrogen-bond donors (Lipinski definition) is 0. The van der Waals surface area contributed by atoms with E-state index in [-0.39, 0.29) is 31.1 Å². The summed E-state index contributed by atoms with van der Waals surface area (Å²) in [7, 11) is 1.61. The van der Waals surface area contributed by atoms with Crippen LogP contribution in [0, 0.1) is 0 Å². The first-order valence-electron chi connectivity index (χ1n) is 8.41. The normalized spacial score (nSPS) is 10.7. The smallest absolute Gasteiger partial charge is 0.575 e. The fourth-order valence-corrected chi connectivity index (χ4v) is 2.61. The van der Waals surface area contributed by atoms with Crippen molar-refractivity contribution in [3.8, 4) is 5.75 Å². The molecule has 28 heavy (non-hydrogen) atoms. The summed E-state index contributed by atoms with van der Waals surface area (Å²) in [4.78, 5) is 12.7. The van der Waals surface area contributed by atoms with Gasteiger partial charge in [0.05, 0.1) is 13.5 Å². The molecule has 3 aromatic carbocycles. The van der Waals surface area contributed by atoms with Crippen molar-refractivity contribution >= 4 is 28.8 Å². The molecule has 0 spiro atoms. The summed E-state index contributed by atoms with van der Waals surface area (Å²) in [5.41, 5.74) is 6.98. The van der Waals surface area contributed by atoms with Crippen molar-refractivity contribution in [1.29, 1.82) is 0 Å². The maximum absolute atomic E-state index is 12.7. The first-order chi connectivity index (χ1) is 13.2. The largest absolute Gasteiger partial charge is 1.00 e. The van der Waals surface area contributed by atoms with E-state index < -0.39 is 0 Å². The second-order valence-corrected chi connectivity index (χ2v) is 6.25. The summed E-state index contributed by atoms with van der Waals surface area (Å²) in [5.74, 6) is 0.687. The van der Waals surface area contributed by atoms with E-state index in [0.29, 0.717) is 16.3 Å². The monoisotopic (exact) mass is 384 g/mol. The minimum Gasteiger partial charge on any atom is -0.575 e. The molecule has 0 fully saturated rings. The number of ketones is 1. The van der Waals surface area contributed by atoms with Gasteiger partial charge in [0, 0.05) is 16.3 Å². The topological polar surface area (TPSA) is 52.8 Å². The van der Waals surface area contributed by atoms with Gasteiger partial charge in [0.1, 0.15) is 5.75 Å². The number of nitrogens with zero attached hydrogens (tertiary/aromatic N) is 2. The standard InChI is InChI=1S/C22H18ClN2O2.Li/c1-27-20-13-9-16(10-14-20)21(25-24-19-5-3-2-4-6-19)15-22(26)17-7-11-18(23)12-8-17;/h2-14H,15H2,1H3;/q-1;+1/b25-21+;. The van der Waals surface area contributed by atoms with Crippen molar-refractivity contribution < 1.29 is 28.4 Å². The molecule has 0 aliphatic carbocycles. The Morgan fingerprint density at radius 3 is 2.14 bits per heavy atom. The Bertz CT molecular complexity index is 927. The predicted octanol–water partition coefficient (Wildman–Crippen LogP) is 3.04. The van der Waals surface area contributed by atoms with Crippen molar-refractivity contribution in [1.82, 2.24) is 0 Å². The van der Waals surface area contributed by atoms with E-state index >= 15 is 0 Å². The zero-order chi connectivity index (χ0) is 19.1. The van der Waals surface area contributed by atoms with Gasteiger partial charge < -0.3 is 15.3 Å². The average molecular weight is 385 g/mol. The van der Waals surface area contributed by atoms with Crippen LogP contribution in [0.15, 0.2) is 84.0 Å². The number of carbonyl (C=O) groups excluding carboxylic acids is 1. The van der Waals surface area contributed by atoms with E-state index in [0.717, 1.165) is 17.0 Å². The molecule has 0 bridgehead atoms. The molecule has 0 aliphatic rings. The molecule has 6 heteroatoms. The summed E-state index contributed by atoms with van der Waals surface area (Å²) in [6.07, 6.45) is 0.129. The van der Waals surface area contributed by atoms with Gasteiger partial charge in [-0.25, -0.2) is 0 Å². The Morgan fingerprint density at radius 2 is 1.54 bits per heavy atom. The molecule has 136 valence electrons. The second kappa shape index (κ2) is 10.7. The fourth-order valence-electron chi connectivity index (χ4n) is 2.48. The number of Topliss-reactive ketones (excluding diaryl/α,β-unsaturated/α-hetero) is 1. The van der Waals surface area contributed by atoms with Crippen molar-refractivity contribution in [3.05, 3.63) is 100 Å². The molecule has 3 aromatic rings. The molecule has 0 aromatic heterocycles. The van der Waals surface area contributed by atoms with E-state index in [4.69, 9.17) is 16.3 Å². The molecule has 0 saturated carbocycles. The summed E-state index contributed by atoms with van der Waals surface area (Å²) >= 11 is 5.90. The van der Waals surface area contributed by atoms with Crippen LogP contribution in [-0.2, 0) is 0 Å². The molecule has 0 saturated heterocycles. The Kier molecular flexibility index (Phi) is 8.35. The Morgan fingerprint density at radius 1 is 0.929 bits per heavy atom. The Labute approximate surface area is 181 Å². The maximum Gasteiger partial charge on any atom is 1.00 e. The molecule has 0 unspecified atom stereocenters. The van der Waals surface area contributed by atoms with Gasteiger partial charge in [-0.05, 0) is 54.1 Å². The summed E-state index contributed by atoms with van der Waals surface area (Å²) < 4.78 is 5.20. The number of ether oxygens (including phenoxy) is 1.